The highest BCUT2D eigenvalue weighted by Gasteiger charge is 2.39. The van der Waals surface area contributed by atoms with Gasteiger partial charge in [0.2, 0.25) is 0 Å². The summed E-state index contributed by atoms with van der Waals surface area (Å²) in [6, 6.07) is 7.05. The van der Waals surface area contributed by atoms with Crippen molar-refractivity contribution in [3.8, 4) is 6.07 Å². The second kappa shape index (κ2) is 6.57. The van der Waals surface area contributed by atoms with Gasteiger partial charge in [-0.15, -0.1) is 0 Å². The second-order valence-electron chi connectivity index (χ2n) is 5.74. The van der Waals surface area contributed by atoms with Crippen LogP contribution in [0.4, 0.5) is 4.39 Å². The van der Waals surface area contributed by atoms with Gasteiger partial charge in [0.05, 0.1) is 22.1 Å². The Hall–Kier alpha value is -1.41. The van der Waals surface area contributed by atoms with Crippen LogP contribution in [0, 0.1) is 29.0 Å². The van der Waals surface area contributed by atoms with Gasteiger partial charge in [-0.1, -0.05) is 19.8 Å². The zero-order chi connectivity index (χ0) is 15.5. The molecule has 0 bridgehead atoms. The smallest absolute Gasteiger partial charge is 0.182 e. The number of nitrogens with zero attached hydrogens (tertiary/aromatic N) is 1. The summed E-state index contributed by atoms with van der Waals surface area (Å²) in [5.41, 5.74) is 0. The Balaban J connectivity index is 2.30. The fraction of sp³-hybridized carbons (Fsp3) is 0.562. The van der Waals surface area contributed by atoms with E-state index in [1.54, 1.807) is 0 Å². The number of rotatable bonds is 4. The summed E-state index contributed by atoms with van der Waals surface area (Å²) in [6.45, 7) is 2.08. The second-order valence-corrected chi connectivity index (χ2v) is 7.91. The molecule has 0 saturated heterocycles. The van der Waals surface area contributed by atoms with E-state index in [-0.39, 0.29) is 4.90 Å². The lowest BCUT2D eigenvalue weighted by atomic mass is 9.80. The summed E-state index contributed by atoms with van der Waals surface area (Å²) in [5, 5.41) is 8.59. The van der Waals surface area contributed by atoms with E-state index >= 15 is 0 Å². The standard InChI is InChI=1S/C16H20FNO2S/c1-2-3-12-4-5-13(11-18)16(10-12)21(19,20)15-8-6-14(17)7-9-15/h6-9,12-13,16H,2-5,10H2,1H3. The summed E-state index contributed by atoms with van der Waals surface area (Å²) in [4.78, 5) is 0.117. The topological polar surface area (TPSA) is 57.9 Å². The van der Waals surface area contributed by atoms with Gasteiger partial charge in [-0.2, -0.15) is 5.26 Å². The molecule has 3 atom stereocenters. The molecule has 3 nitrogen and oxygen atoms in total. The predicted molar refractivity (Wildman–Crippen MR) is 78.7 cm³/mol. The van der Waals surface area contributed by atoms with E-state index in [9.17, 15) is 18.1 Å². The van der Waals surface area contributed by atoms with Gasteiger partial charge in [0.1, 0.15) is 5.82 Å². The molecule has 1 saturated carbocycles. The highest BCUT2D eigenvalue weighted by Crippen LogP contribution is 2.37. The molecule has 2 rings (SSSR count). The molecule has 0 aromatic heterocycles. The first-order chi connectivity index (χ1) is 9.98. The Labute approximate surface area is 125 Å². The van der Waals surface area contributed by atoms with Crippen molar-refractivity contribution in [1.82, 2.24) is 0 Å². The van der Waals surface area contributed by atoms with E-state index < -0.39 is 26.8 Å². The number of benzene rings is 1. The van der Waals surface area contributed by atoms with Crippen LogP contribution in [-0.4, -0.2) is 13.7 Å². The highest BCUT2D eigenvalue weighted by atomic mass is 32.2. The van der Waals surface area contributed by atoms with E-state index in [0.29, 0.717) is 18.8 Å². The minimum absolute atomic E-state index is 0.117. The van der Waals surface area contributed by atoms with Crippen LogP contribution < -0.4 is 0 Å². The molecule has 0 aliphatic heterocycles. The van der Waals surface area contributed by atoms with Gasteiger partial charge in [-0.3, -0.25) is 0 Å². The number of hydrogen-bond donors (Lipinski definition) is 0. The van der Waals surface area contributed by atoms with E-state index in [0.717, 1.165) is 31.4 Å². The van der Waals surface area contributed by atoms with Crippen molar-refractivity contribution in [3.63, 3.8) is 0 Å². The molecule has 1 fully saturated rings. The number of hydrogen-bond acceptors (Lipinski definition) is 3. The molecule has 114 valence electrons. The van der Waals surface area contributed by atoms with E-state index in [1.807, 2.05) is 0 Å². The first-order valence-electron chi connectivity index (χ1n) is 7.38. The van der Waals surface area contributed by atoms with Gasteiger partial charge in [0, 0.05) is 0 Å². The maximum absolute atomic E-state index is 13.0. The summed E-state index contributed by atoms with van der Waals surface area (Å²) >= 11 is 0. The third kappa shape index (κ3) is 3.44. The molecule has 1 aliphatic rings. The van der Waals surface area contributed by atoms with Gasteiger partial charge in [0.25, 0.3) is 0 Å². The van der Waals surface area contributed by atoms with Gasteiger partial charge in [-0.05, 0) is 49.4 Å². The third-order valence-electron chi connectivity index (χ3n) is 4.30. The molecule has 3 unspecified atom stereocenters. The van der Waals surface area contributed by atoms with Gasteiger partial charge in [-0.25, -0.2) is 12.8 Å². The number of nitriles is 1. The van der Waals surface area contributed by atoms with Crippen molar-refractivity contribution in [1.29, 1.82) is 5.26 Å². The zero-order valence-electron chi connectivity index (χ0n) is 12.1. The first-order valence-corrected chi connectivity index (χ1v) is 8.92. The van der Waals surface area contributed by atoms with Crippen molar-refractivity contribution in [3.05, 3.63) is 30.1 Å². The Bertz CT molecular complexity index is 619. The largest absolute Gasteiger partial charge is 0.223 e. The fourth-order valence-electron chi connectivity index (χ4n) is 3.17. The Morgan fingerprint density at radius 1 is 1.29 bits per heavy atom. The van der Waals surface area contributed by atoms with Gasteiger partial charge < -0.3 is 0 Å². The fourth-order valence-corrected chi connectivity index (χ4v) is 5.19. The van der Waals surface area contributed by atoms with Gasteiger partial charge >= 0.3 is 0 Å². The molecule has 0 spiro atoms. The van der Waals surface area contributed by atoms with Crippen LogP contribution in [0.15, 0.2) is 29.2 Å². The highest BCUT2D eigenvalue weighted by molar-refractivity contribution is 7.92. The summed E-state index contributed by atoms with van der Waals surface area (Å²) in [5.74, 6) is -0.564. The van der Waals surface area contributed by atoms with Crippen LogP contribution in [0.25, 0.3) is 0 Å². The quantitative estimate of drug-likeness (QED) is 0.797. The molecule has 21 heavy (non-hydrogen) atoms. The average molecular weight is 309 g/mol. The Kier molecular flexibility index (Phi) is 5.00. The van der Waals surface area contributed by atoms with Crippen LogP contribution in [0.3, 0.4) is 0 Å². The van der Waals surface area contributed by atoms with Crippen LogP contribution >= 0.6 is 0 Å². The maximum Gasteiger partial charge on any atom is 0.182 e. The predicted octanol–water partition coefficient (Wildman–Crippen LogP) is 3.71. The minimum Gasteiger partial charge on any atom is -0.223 e. The van der Waals surface area contributed by atoms with Gasteiger partial charge in [0.15, 0.2) is 9.84 Å². The van der Waals surface area contributed by atoms with Crippen LogP contribution in [0.1, 0.15) is 39.0 Å². The average Bonchev–Trinajstić information content (AvgIpc) is 2.48. The lowest BCUT2D eigenvalue weighted by Gasteiger charge is -2.32. The molecule has 0 radical (unpaired) electrons. The van der Waals surface area contributed by atoms with Crippen LogP contribution in [-0.2, 0) is 9.84 Å². The number of halogens is 1. The molecule has 5 heteroatoms. The summed E-state index contributed by atoms with van der Waals surface area (Å²) in [7, 11) is -3.58. The molecular weight excluding hydrogens is 289 g/mol. The zero-order valence-corrected chi connectivity index (χ0v) is 12.9. The molecule has 1 aromatic rings. The van der Waals surface area contributed by atoms with Crippen molar-refractivity contribution < 1.29 is 12.8 Å². The minimum atomic E-state index is -3.58. The van der Waals surface area contributed by atoms with E-state index in [4.69, 9.17) is 0 Å². The van der Waals surface area contributed by atoms with Crippen molar-refractivity contribution >= 4 is 9.84 Å². The maximum atomic E-state index is 13.0. The first kappa shape index (κ1) is 16.0. The number of sulfone groups is 1. The Morgan fingerprint density at radius 3 is 2.52 bits per heavy atom. The van der Waals surface area contributed by atoms with E-state index in [2.05, 4.69) is 13.0 Å². The van der Waals surface area contributed by atoms with Crippen molar-refractivity contribution in [2.45, 2.75) is 49.2 Å². The van der Waals surface area contributed by atoms with Crippen LogP contribution in [0.2, 0.25) is 0 Å². The molecule has 0 heterocycles. The molecule has 0 amide bonds. The lowest BCUT2D eigenvalue weighted by molar-refractivity contribution is 0.299. The van der Waals surface area contributed by atoms with Crippen molar-refractivity contribution in [2.75, 3.05) is 0 Å². The normalized spacial score (nSPS) is 26.2. The monoisotopic (exact) mass is 309 g/mol. The third-order valence-corrected chi connectivity index (χ3v) is 6.55. The summed E-state index contributed by atoms with van der Waals surface area (Å²) < 4.78 is 38.5. The molecule has 0 N–H and O–H groups in total. The van der Waals surface area contributed by atoms with E-state index in [1.165, 1.54) is 12.1 Å². The lowest BCUT2D eigenvalue weighted by Crippen LogP contribution is -2.35. The molecule has 1 aromatic carbocycles. The molecule has 1 aliphatic carbocycles. The van der Waals surface area contributed by atoms with Crippen LogP contribution in [0.5, 0.6) is 0 Å². The van der Waals surface area contributed by atoms with Crippen molar-refractivity contribution in [2.24, 2.45) is 11.8 Å². The molecular formula is C16H20FNO2S. The Morgan fingerprint density at radius 2 is 1.95 bits per heavy atom. The summed E-state index contributed by atoms with van der Waals surface area (Å²) in [6.07, 6.45) is 4.10. The SMILES string of the molecule is CCCC1CCC(C#N)C(S(=O)(=O)c2ccc(F)cc2)C1.